The Hall–Kier alpha value is -0.0800. The Labute approximate surface area is 87.1 Å². The van der Waals surface area contributed by atoms with Gasteiger partial charge in [0.05, 0.1) is 6.10 Å². The van der Waals surface area contributed by atoms with E-state index in [0.29, 0.717) is 6.04 Å². The zero-order valence-corrected chi connectivity index (χ0v) is 9.04. The third-order valence-corrected chi connectivity index (χ3v) is 3.72. The first kappa shape index (κ1) is 10.4. The first-order valence-electron chi connectivity index (χ1n) is 6.29. The maximum absolute atomic E-state index is 9.57. The normalized spacial score (nSPS) is 35.8. The fourth-order valence-corrected chi connectivity index (χ4v) is 2.92. The van der Waals surface area contributed by atoms with Gasteiger partial charge in [0.2, 0.25) is 0 Å². The van der Waals surface area contributed by atoms with Gasteiger partial charge < -0.3 is 10.4 Å². The highest BCUT2D eigenvalue weighted by molar-refractivity contribution is 4.82. The average Bonchev–Trinajstić information content (AvgIpc) is 2.19. The van der Waals surface area contributed by atoms with Crippen molar-refractivity contribution in [2.45, 2.75) is 76.0 Å². The standard InChI is InChI=1S/C12H23NO/c14-12-8-4-7-11(9-12)13-10-5-2-1-3-6-10/h10-14H,1-9H2. The monoisotopic (exact) mass is 197 g/mol. The number of nitrogens with one attached hydrogen (secondary N) is 1. The van der Waals surface area contributed by atoms with Gasteiger partial charge in [-0.25, -0.2) is 0 Å². The van der Waals surface area contributed by atoms with Crippen molar-refractivity contribution in [2.75, 3.05) is 0 Å². The van der Waals surface area contributed by atoms with Crippen molar-refractivity contribution in [3.05, 3.63) is 0 Å². The Bertz CT molecular complexity index is 166. The van der Waals surface area contributed by atoms with Gasteiger partial charge in [0.1, 0.15) is 0 Å². The Kier molecular flexibility index (Phi) is 3.82. The molecular formula is C12H23NO. The van der Waals surface area contributed by atoms with E-state index in [1.165, 1.54) is 44.9 Å². The van der Waals surface area contributed by atoms with Crippen molar-refractivity contribution in [3.8, 4) is 0 Å². The predicted octanol–water partition coefficient (Wildman–Crippen LogP) is 2.21. The van der Waals surface area contributed by atoms with Crippen LogP contribution in [0.2, 0.25) is 0 Å². The van der Waals surface area contributed by atoms with Crippen LogP contribution >= 0.6 is 0 Å². The van der Waals surface area contributed by atoms with Crippen LogP contribution in [0.15, 0.2) is 0 Å². The van der Waals surface area contributed by atoms with E-state index in [1.807, 2.05) is 0 Å². The van der Waals surface area contributed by atoms with Gasteiger partial charge in [-0.15, -0.1) is 0 Å². The van der Waals surface area contributed by atoms with Crippen LogP contribution in [0, 0.1) is 0 Å². The smallest absolute Gasteiger partial charge is 0.0555 e. The highest BCUT2D eigenvalue weighted by atomic mass is 16.3. The summed E-state index contributed by atoms with van der Waals surface area (Å²) in [6.45, 7) is 0. The summed E-state index contributed by atoms with van der Waals surface area (Å²) < 4.78 is 0. The largest absolute Gasteiger partial charge is 0.393 e. The van der Waals surface area contributed by atoms with Crippen LogP contribution in [0.5, 0.6) is 0 Å². The van der Waals surface area contributed by atoms with Crippen LogP contribution in [0.1, 0.15) is 57.8 Å². The summed E-state index contributed by atoms with van der Waals surface area (Å²) in [5, 5.41) is 13.3. The minimum atomic E-state index is -0.0372. The molecule has 2 nitrogen and oxygen atoms in total. The van der Waals surface area contributed by atoms with Crippen molar-refractivity contribution in [2.24, 2.45) is 0 Å². The van der Waals surface area contributed by atoms with Gasteiger partial charge in [-0.3, -0.25) is 0 Å². The molecule has 0 saturated heterocycles. The summed E-state index contributed by atoms with van der Waals surface area (Å²) in [4.78, 5) is 0. The van der Waals surface area contributed by atoms with Gasteiger partial charge in [-0.05, 0) is 38.5 Å². The summed E-state index contributed by atoms with van der Waals surface area (Å²) in [5.41, 5.74) is 0. The number of rotatable bonds is 2. The van der Waals surface area contributed by atoms with E-state index in [1.54, 1.807) is 0 Å². The first-order chi connectivity index (χ1) is 6.84. The van der Waals surface area contributed by atoms with Crippen molar-refractivity contribution in [1.82, 2.24) is 5.32 Å². The molecule has 0 aromatic rings. The van der Waals surface area contributed by atoms with Crippen molar-refractivity contribution in [1.29, 1.82) is 0 Å². The quantitative estimate of drug-likeness (QED) is 0.711. The van der Waals surface area contributed by atoms with Gasteiger partial charge in [-0.2, -0.15) is 0 Å². The zero-order valence-electron chi connectivity index (χ0n) is 9.04. The highest BCUT2D eigenvalue weighted by Crippen LogP contribution is 2.22. The van der Waals surface area contributed by atoms with E-state index < -0.39 is 0 Å². The maximum atomic E-state index is 9.57. The predicted molar refractivity (Wildman–Crippen MR) is 58.3 cm³/mol. The summed E-state index contributed by atoms with van der Waals surface area (Å²) in [6, 6.07) is 1.35. The minimum absolute atomic E-state index is 0.0372. The third kappa shape index (κ3) is 2.96. The number of aliphatic hydroxyl groups excluding tert-OH is 1. The van der Waals surface area contributed by atoms with Gasteiger partial charge in [0.25, 0.3) is 0 Å². The molecule has 0 spiro atoms. The topological polar surface area (TPSA) is 32.3 Å². The molecular weight excluding hydrogens is 174 g/mol. The van der Waals surface area contributed by atoms with Crippen LogP contribution in [-0.4, -0.2) is 23.3 Å². The minimum Gasteiger partial charge on any atom is -0.393 e. The molecule has 2 N–H and O–H groups in total. The second-order valence-electron chi connectivity index (χ2n) is 5.02. The molecule has 0 bridgehead atoms. The van der Waals surface area contributed by atoms with Crippen molar-refractivity contribution in [3.63, 3.8) is 0 Å². The maximum Gasteiger partial charge on any atom is 0.0555 e. The average molecular weight is 197 g/mol. The van der Waals surface area contributed by atoms with Crippen LogP contribution < -0.4 is 5.32 Å². The lowest BCUT2D eigenvalue weighted by Crippen LogP contribution is -2.43. The molecule has 2 aliphatic carbocycles. The summed E-state index contributed by atoms with van der Waals surface area (Å²) in [6.07, 6.45) is 11.4. The van der Waals surface area contributed by atoms with Gasteiger partial charge >= 0.3 is 0 Å². The van der Waals surface area contributed by atoms with Crippen molar-refractivity contribution >= 4 is 0 Å². The Morgan fingerprint density at radius 2 is 1.50 bits per heavy atom. The van der Waals surface area contributed by atoms with E-state index in [-0.39, 0.29) is 6.10 Å². The molecule has 2 aliphatic rings. The van der Waals surface area contributed by atoms with Crippen LogP contribution in [0.3, 0.4) is 0 Å². The number of aliphatic hydroxyl groups is 1. The molecule has 0 aromatic heterocycles. The molecule has 2 saturated carbocycles. The Morgan fingerprint density at radius 3 is 2.21 bits per heavy atom. The molecule has 2 rings (SSSR count). The molecule has 14 heavy (non-hydrogen) atoms. The van der Waals surface area contributed by atoms with E-state index in [4.69, 9.17) is 0 Å². The first-order valence-corrected chi connectivity index (χ1v) is 6.29. The number of hydrogen-bond donors (Lipinski definition) is 2. The second-order valence-corrected chi connectivity index (χ2v) is 5.02. The van der Waals surface area contributed by atoms with E-state index in [9.17, 15) is 5.11 Å². The van der Waals surface area contributed by atoms with Crippen LogP contribution in [-0.2, 0) is 0 Å². The Balaban J connectivity index is 1.72. The molecule has 82 valence electrons. The lowest BCUT2D eigenvalue weighted by atomic mass is 9.90. The summed E-state index contributed by atoms with van der Waals surface area (Å²) in [7, 11) is 0. The van der Waals surface area contributed by atoms with E-state index >= 15 is 0 Å². The second kappa shape index (κ2) is 5.13. The van der Waals surface area contributed by atoms with E-state index in [2.05, 4.69) is 5.32 Å². The molecule has 0 aromatic carbocycles. The number of hydrogen-bond acceptors (Lipinski definition) is 2. The fraction of sp³-hybridized carbons (Fsp3) is 1.00. The van der Waals surface area contributed by atoms with Gasteiger partial charge in [0.15, 0.2) is 0 Å². The van der Waals surface area contributed by atoms with Crippen molar-refractivity contribution < 1.29 is 5.11 Å². The molecule has 0 amide bonds. The third-order valence-electron chi connectivity index (χ3n) is 3.72. The zero-order chi connectivity index (χ0) is 9.80. The fourth-order valence-electron chi connectivity index (χ4n) is 2.92. The molecule has 2 heteroatoms. The van der Waals surface area contributed by atoms with Crippen LogP contribution in [0.4, 0.5) is 0 Å². The Morgan fingerprint density at radius 1 is 0.786 bits per heavy atom. The SMILES string of the molecule is OC1CCCC(NC2CCCCC2)C1. The highest BCUT2D eigenvalue weighted by Gasteiger charge is 2.23. The molecule has 0 radical (unpaired) electrons. The molecule has 0 heterocycles. The van der Waals surface area contributed by atoms with Gasteiger partial charge in [-0.1, -0.05) is 19.3 Å². The van der Waals surface area contributed by atoms with Crippen LogP contribution in [0.25, 0.3) is 0 Å². The summed E-state index contributed by atoms with van der Waals surface area (Å²) >= 11 is 0. The van der Waals surface area contributed by atoms with E-state index in [0.717, 1.165) is 18.9 Å². The molecule has 0 aliphatic heterocycles. The lowest BCUT2D eigenvalue weighted by Gasteiger charge is -2.32. The molecule has 2 fully saturated rings. The summed E-state index contributed by atoms with van der Waals surface area (Å²) in [5.74, 6) is 0. The van der Waals surface area contributed by atoms with Gasteiger partial charge in [0, 0.05) is 12.1 Å². The lowest BCUT2D eigenvalue weighted by molar-refractivity contribution is 0.106. The molecule has 2 unspecified atom stereocenters. The molecule has 2 atom stereocenters.